The number of nitro groups is 1. The number of carbonyl (C=O) groups is 2. The number of hydrogen-bond donors (Lipinski definition) is 1. The molecule has 1 amide bonds. The van der Waals surface area contributed by atoms with E-state index in [2.05, 4.69) is 5.32 Å². The Labute approximate surface area is 144 Å². The summed E-state index contributed by atoms with van der Waals surface area (Å²) in [6, 6.07) is 13.3. The van der Waals surface area contributed by atoms with E-state index in [-0.39, 0.29) is 5.56 Å². The molecule has 0 saturated carbocycles. The smallest absolute Gasteiger partial charge is 0.338 e. The maximum Gasteiger partial charge on any atom is 0.338 e. The standard InChI is InChI=1S/C18H16N2O5/c1-13-2-8-16(9-3-13)19-17(21)12-25-18(22)15-6-4-14(5-7-15)10-11-20(23)24/h2-11H,12H2,1H3,(H,19,21)/b11-10-. The van der Waals surface area contributed by atoms with Crippen LogP contribution in [0.5, 0.6) is 0 Å². The molecule has 0 atom stereocenters. The Hall–Kier alpha value is -3.48. The minimum Gasteiger partial charge on any atom is -0.452 e. The van der Waals surface area contributed by atoms with Crippen LogP contribution in [0.2, 0.25) is 0 Å². The van der Waals surface area contributed by atoms with Crippen molar-refractivity contribution in [3.05, 3.63) is 81.5 Å². The second-order valence-corrected chi connectivity index (χ2v) is 5.21. The summed E-state index contributed by atoms with van der Waals surface area (Å²) in [6.45, 7) is 1.53. The van der Waals surface area contributed by atoms with Crippen molar-refractivity contribution >= 4 is 23.6 Å². The van der Waals surface area contributed by atoms with Crippen molar-refractivity contribution < 1.29 is 19.2 Å². The van der Waals surface area contributed by atoms with Gasteiger partial charge in [-0.1, -0.05) is 29.8 Å². The van der Waals surface area contributed by atoms with Gasteiger partial charge in [0.2, 0.25) is 6.20 Å². The Kier molecular flexibility index (Phi) is 6.00. The van der Waals surface area contributed by atoms with E-state index in [0.29, 0.717) is 11.3 Å². The van der Waals surface area contributed by atoms with Crippen LogP contribution in [-0.2, 0) is 9.53 Å². The number of aryl methyl sites for hydroxylation is 1. The summed E-state index contributed by atoms with van der Waals surface area (Å²) in [6.07, 6.45) is 2.12. The highest BCUT2D eigenvalue weighted by Gasteiger charge is 2.10. The number of nitrogens with zero attached hydrogens (tertiary/aromatic N) is 1. The van der Waals surface area contributed by atoms with Gasteiger partial charge in [-0.2, -0.15) is 0 Å². The number of esters is 1. The third-order valence-corrected chi connectivity index (χ3v) is 3.20. The van der Waals surface area contributed by atoms with E-state index in [1.54, 1.807) is 24.3 Å². The molecule has 2 aromatic carbocycles. The highest BCUT2D eigenvalue weighted by Crippen LogP contribution is 2.10. The summed E-state index contributed by atoms with van der Waals surface area (Å²) in [7, 11) is 0. The van der Waals surface area contributed by atoms with E-state index in [1.807, 2.05) is 19.1 Å². The van der Waals surface area contributed by atoms with Crippen LogP contribution in [0.25, 0.3) is 6.08 Å². The fraction of sp³-hybridized carbons (Fsp3) is 0.111. The Morgan fingerprint density at radius 1 is 1.12 bits per heavy atom. The molecule has 7 heteroatoms. The molecule has 7 nitrogen and oxygen atoms in total. The van der Waals surface area contributed by atoms with Crippen LogP contribution in [0.3, 0.4) is 0 Å². The fourth-order valence-corrected chi connectivity index (χ4v) is 1.93. The molecule has 128 valence electrons. The maximum atomic E-state index is 11.9. The lowest BCUT2D eigenvalue weighted by Gasteiger charge is -2.07. The first kappa shape index (κ1) is 17.9. The van der Waals surface area contributed by atoms with Gasteiger partial charge in [0, 0.05) is 11.8 Å². The molecule has 0 fully saturated rings. The number of amides is 1. The van der Waals surface area contributed by atoms with Crippen molar-refractivity contribution in [1.29, 1.82) is 0 Å². The van der Waals surface area contributed by atoms with Gasteiger partial charge in [-0.15, -0.1) is 0 Å². The zero-order chi connectivity index (χ0) is 18.2. The number of anilines is 1. The molecule has 25 heavy (non-hydrogen) atoms. The highest BCUT2D eigenvalue weighted by atomic mass is 16.6. The molecule has 0 aliphatic heterocycles. The van der Waals surface area contributed by atoms with Crippen molar-refractivity contribution in [2.45, 2.75) is 6.92 Å². The van der Waals surface area contributed by atoms with Crippen molar-refractivity contribution in [3.8, 4) is 0 Å². The van der Waals surface area contributed by atoms with Crippen LogP contribution in [0.15, 0.2) is 54.7 Å². The largest absolute Gasteiger partial charge is 0.452 e. The van der Waals surface area contributed by atoms with E-state index in [9.17, 15) is 19.7 Å². The fourth-order valence-electron chi connectivity index (χ4n) is 1.93. The van der Waals surface area contributed by atoms with Crippen molar-refractivity contribution in [2.24, 2.45) is 0 Å². The summed E-state index contributed by atoms with van der Waals surface area (Å²) in [5.41, 5.74) is 2.52. The quantitative estimate of drug-likeness (QED) is 0.495. The van der Waals surface area contributed by atoms with Crippen LogP contribution >= 0.6 is 0 Å². The van der Waals surface area contributed by atoms with Gasteiger partial charge in [-0.25, -0.2) is 4.79 Å². The lowest BCUT2D eigenvalue weighted by Crippen LogP contribution is -2.20. The van der Waals surface area contributed by atoms with Crippen molar-refractivity contribution in [3.63, 3.8) is 0 Å². The van der Waals surface area contributed by atoms with Gasteiger partial charge in [0.15, 0.2) is 6.61 Å². The molecule has 0 spiro atoms. The van der Waals surface area contributed by atoms with Crippen molar-refractivity contribution in [1.82, 2.24) is 0 Å². The van der Waals surface area contributed by atoms with Gasteiger partial charge >= 0.3 is 5.97 Å². The van der Waals surface area contributed by atoms with E-state index in [0.717, 1.165) is 11.8 Å². The second kappa shape index (κ2) is 8.39. The predicted molar refractivity (Wildman–Crippen MR) is 92.6 cm³/mol. The van der Waals surface area contributed by atoms with Crippen LogP contribution in [0, 0.1) is 17.0 Å². The SMILES string of the molecule is Cc1ccc(NC(=O)COC(=O)c2ccc(/C=C\[N+](=O)[O-])cc2)cc1. The molecular weight excluding hydrogens is 324 g/mol. The van der Waals surface area contributed by atoms with Gasteiger partial charge in [-0.05, 0) is 36.8 Å². The summed E-state index contributed by atoms with van der Waals surface area (Å²) >= 11 is 0. The minimum absolute atomic E-state index is 0.251. The molecule has 0 saturated heterocycles. The van der Waals surface area contributed by atoms with E-state index < -0.39 is 23.4 Å². The first-order valence-corrected chi connectivity index (χ1v) is 7.39. The third kappa shape index (κ3) is 5.91. The van der Waals surface area contributed by atoms with E-state index in [4.69, 9.17) is 4.74 Å². The van der Waals surface area contributed by atoms with Crippen LogP contribution in [0.4, 0.5) is 5.69 Å². The van der Waals surface area contributed by atoms with Gasteiger partial charge in [0.25, 0.3) is 5.91 Å². The van der Waals surface area contributed by atoms with Gasteiger partial charge in [-0.3, -0.25) is 14.9 Å². The molecule has 0 unspecified atom stereocenters. The van der Waals surface area contributed by atoms with Crippen LogP contribution in [0.1, 0.15) is 21.5 Å². The molecule has 0 aliphatic carbocycles. The molecule has 0 radical (unpaired) electrons. The Balaban J connectivity index is 1.86. The van der Waals surface area contributed by atoms with Gasteiger partial charge in [0.05, 0.1) is 10.5 Å². The molecule has 2 aromatic rings. The molecule has 0 heterocycles. The topological polar surface area (TPSA) is 98.5 Å². The lowest BCUT2D eigenvalue weighted by atomic mass is 10.1. The maximum absolute atomic E-state index is 11.9. The zero-order valence-electron chi connectivity index (χ0n) is 13.5. The summed E-state index contributed by atoms with van der Waals surface area (Å²) in [5.74, 6) is -1.09. The van der Waals surface area contributed by atoms with Crippen LogP contribution in [-0.4, -0.2) is 23.4 Å². The Morgan fingerprint density at radius 3 is 2.36 bits per heavy atom. The molecule has 0 aliphatic rings. The normalized spacial score (nSPS) is 10.4. The van der Waals surface area contributed by atoms with Gasteiger partial charge < -0.3 is 10.1 Å². The highest BCUT2D eigenvalue weighted by molar-refractivity contribution is 5.95. The molecular formula is C18H16N2O5. The third-order valence-electron chi connectivity index (χ3n) is 3.20. The summed E-state index contributed by atoms with van der Waals surface area (Å²) in [5, 5.41) is 12.9. The molecule has 0 bridgehead atoms. The molecule has 0 aromatic heterocycles. The van der Waals surface area contributed by atoms with Crippen molar-refractivity contribution in [2.75, 3.05) is 11.9 Å². The average Bonchev–Trinajstić information content (AvgIpc) is 2.60. The number of benzene rings is 2. The second-order valence-electron chi connectivity index (χ2n) is 5.21. The average molecular weight is 340 g/mol. The molecule has 2 rings (SSSR count). The summed E-state index contributed by atoms with van der Waals surface area (Å²) in [4.78, 5) is 33.3. The first-order valence-electron chi connectivity index (χ1n) is 7.39. The monoisotopic (exact) mass is 340 g/mol. The number of nitrogens with one attached hydrogen (secondary N) is 1. The van der Waals surface area contributed by atoms with Gasteiger partial charge in [0.1, 0.15) is 0 Å². The Morgan fingerprint density at radius 2 is 1.76 bits per heavy atom. The first-order chi connectivity index (χ1) is 11.9. The van der Waals surface area contributed by atoms with E-state index in [1.165, 1.54) is 18.2 Å². The lowest BCUT2D eigenvalue weighted by molar-refractivity contribution is -0.400. The predicted octanol–water partition coefficient (Wildman–Crippen LogP) is 3.04. The molecule has 1 N–H and O–H groups in total. The number of ether oxygens (including phenoxy) is 1. The number of hydrogen-bond acceptors (Lipinski definition) is 5. The minimum atomic E-state index is -0.649. The zero-order valence-corrected chi connectivity index (χ0v) is 13.5. The van der Waals surface area contributed by atoms with Crippen LogP contribution < -0.4 is 5.32 Å². The van der Waals surface area contributed by atoms with E-state index >= 15 is 0 Å². The Bertz CT molecular complexity index is 795. The number of carbonyl (C=O) groups excluding carboxylic acids is 2. The number of rotatable bonds is 6. The summed E-state index contributed by atoms with van der Waals surface area (Å²) < 4.78 is 4.95.